The third-order valence-electron chi connectivity index (χ3n) is 2.34. The largest absolute Gasteiger partial charge is 0.338 e. The van der Waals surface area contributed by atoms with E-state index in [1.165, 1.54) is 4.90 Å². The van der Waals surface area contributed by atoms with E-state index in [0.717, 1.165) is 11.1 Å². The highest BCUT2D eigenvalue weighted by atomic mass is 35.6. The number of nitrogens with zero attached hydrogens (tertiary/aromatic N) is 1. The number of rotatable bonds is 3. The molecule has 0 spiro atoms. The van der Waals surface area contributed by atoms with Crippen molar-refractivity contribution in [2.24, 2.45) is 5.73 Å². The predicted octanol–water partition coefficient (Wildman–Crippen LogP) is 2.47. The minimum atomic E-state index is -1.92. The molecular weight excluding hydrogens is 282 g/mol. The quantitative estimate of drug-likeness (QED) is 0.871. The van der Waals surface area contributed by atoms with Crippen LogP contribution in [-0.4, -0.2) is 21.6 Å². The van der Waals surface area contributed by atoms with E-state index in [1.54, 1.807) is 7.05 Å². The van der Waals surface area contributed by atoms with Crippen LogP contribution in [0.5, 0.6) is 0 Å². The van der Waals surface area contributed by atoms with Crippen LogP contribution < -0.4 is 5.73 Å². The van der Waals surface area contributed by atoms with Crippen molar-refractivity contribution in [2.45, 2.75) is 16.9 Å². The maximum absolute atomic E-state index is 11.7. The summed E-state index contributed by atoms with van der Waals surface area (Å²) in [5.74, 6) is -0.561. The highest BCUT2D eigenvalue weighted by molar-refractivity contribution is 6.76. The van der Waals surface area contributed by atoms with Crippen molar-refractivity contribution in [1.82, 2.24) is 4.90 Å². The Morgan fingerprint density at radius 2 is 1.82 bits per heavy atom. The summed E-state index contributed by atoms with van der Waals surface area (Å²) >= 11 is 16.6. The van der Waals surface area contributed by atoms with Crippen LogP contribution in [0.3, 0.4) is 0 Å². The predicted molar refractivity (Wildman–Crippen MR) is 71.1 cm³/mol. The first-order chi connectivity index (χ1) is 7.86. The Bertz CT molecular complexity index is 404. The van der Waals surface area contributed by atoms with Gasteiger partial charge in [0.05, 0.1) is 0 Å². The summed E-state index contributed by atoms with van der Waals surface area (Å²) in [7, 11) is 1.58. The van der Waals surface area contributed by atoms with Crippen molar-refractivity contribution >= 4 is 40.7 Å². The highest BCUT2D eigenvalue weighted by Gasteiger charge is 2.33. The lowest BCUT2D eigenvalue weighted by Crippen LogP contribution is -2.36. The molecule has 94 valence electrons. The number of hydrogen-bond donors (Lipinski definition) is 1. The molecule has 0 aliphatic rings. The van der Waals surface area contributed by atoms with Crippen LogP contribution >= 0.6 is 34.8 Å². The zero-order chi connectivity index (χ0) is 13.1. The first-order valence-electron chi connectivity index (χ1n) is 4.95. The fourth-order valence-corrected chi connectivity index (χ4v) is 1.89. The molecule has 0 radical (unpaired) electrons. The van der Waals surface area contributed by atoms with Gasteiger partial charge in [-0.15, -0.1) is 0 Å². The van der Waals surface area contributed by atoms with Gasteiger partial charge in [-0.3, -0.25) is 4.79 Å². The average molecular weight is 296 g/mol. The molecule has 0 bridgehead atoms. The number of halogens is 3. The molecule has 2 N–H and O–H groups in total. The molecule has 0 atom stereocenters. The molecule has 0 saturated carbocycles. The second-order valence-corrected chi connectivity index (χ2v) is 5.91. The van der Waals surface area contributed by atoms with E-state index in [1.807, 2.05) is 24.3 Å². The monoisotopic (exact) mass is 294 g/mol. The lowest BCUT2D eigenvalue weighted by atomic mass is 10.1. The molecule has 1 rings (SSSR count). The smallest absolute Gasteiger partial charge is 0.274 e. The Morgan fingerprint density at radius 1 is 1.29 bits per heavy atom. The number of carbonyl (C=O) groups is 1. The highest BCUT2D eigenvalue weighted by Crippen LogP contribution is 2.28. The lowest BCUT2D eigenvalue weighted by molar-refractivity contribution is -0.129. The molecule has 1 aromatic rings. The van der Waals surface area contributed by atoms with Crippen LogP contribution in [0.2, 0.25) is 0 Å². The third-order valence-corrected chi connectivity index (χ3v) is 2.82. The Balaban J connectivity index is 2.81. The summed E-state index contributed by atoms with van der Waals surface area (Å²) in [6.07, 6.45) is 0. The number of amides is 1. The maximum atomic E-state index is 11.7. The Hall–Kier alpha value is -0.480. The molecule has 0 saturated heterocycles. The van der Waals surface area contributed by atoms with Crippen LogP contribution in [0.15, 0.2) is 24.3 Å². The normalized spacial score (nSPS) is 11.4. The van der Waals surface area contributed by atoms with Gasteiger partial charge in [0.2, 0.25) is 0 Å². The molecule has 1 aromatic carbocycles. The molecule has 0 fully saturated rings. The minimum absolute atomic E-state index is 0.361. The summed E-state index contributed by atoms with van der Waals surface area (Å²) in [6.45, 7) is 0.770. The van der Waals surface area contributed by atoms with Crippen LogP contribution in [0.25, 0.3) is 0 Å². The van der Waals surface area contributed by atoms with Crippen molar-refractivity contribution in [3.05, 3.63) is 35.4 Å². The molecule has 0 heterocycles. The summed E-state index contributed by atoms with van der Waals surface area (Å²) in [5, 5.41) is 0. The van der Waals surface area contributed by atoms with Gasteiger partial charge >= 0.3 is 0 Å². The summed E-state index contributed by atoms with van der Waals surface area (Å²) in [5.41, 5.74) is 7.52. The van der Waals surface area contributed by atoms with E-state index >= 15 is 0 Å². The van der Waals surface area contributed by atoms with Gasteiger partial charge in [0, 0.05) is 20.1 Å². The van der Waals surface area contributed by atoms with Gasteiger partial charge in [0.25, 0.3) is 9.70 Å². The molecule has 0 unspecified atom stereocenters. The number of alkyl halides is 3. The molecule has 0 aliphatic carbocycles. The van der Waals surface area contributed by atoms with E-state index in [9.17, 15) is 4.79 Å². The molecule has 0 aliphatic heterocycles. The van der Waals surface area contributed by atoms with E-state index in [-0.39, 0.29) is 0 Å². The maximum Gasteiger partial charge on any atom is 0.274 e. The Labute approximate surface area is 115 Å². The molecule has 6 heteroatoms. The van der Waals surface area contributed by atoms with Gasteiger partial charge in [-0.2, -0.15) is 0 Å². The first-order valence-corrected chi connectivity index (χ1v) is 6.08. The van der Waals surface area contributed by atoms with Crippen molar-refractivity contribution in [2.75, 3.05) is 7.05 Å². The van der Waals surface area contributed by atoms with E-state index in [0.29, 0.717) is 13.1 Å². The fourth-order valence-electron chi connectivity index (χ4n) is 1.45. The molecule has 1 amide bonds. The summed E-state index contributed by atoms with van der Waals surface area (Å²) in [6, 6.07) is 7.57. The number of carbonyl (C=O) groups excluding carboxylic acids is 1. The van der Waals surface area contributed by atoms with Crippen molar-refractivity contribution in [3.8, 4) is 0 Å². The zero-order valence-electron chi connectivity index (χ0n) is 9.29. The Morgan fingerprint density at radius 3 is 2.29 bits per heavy atom. The Kier molecular flexibility index (Phi) is 5.07. The van der Waals surface area contributed by atoms with Crippen LogP contribution in [0, 0.1) is 0 Å². The van der Waals surface area contributed by atoms with E-state index < -0.39 is 9.70 Å². The van der Waals surface area contributed by atoms with E-state index in [2.05, 4.69) is 0 Å². The fraction of sp³-hybridized carbons (Fsp3) is 0.364. The molecule has 3 nitrogen and oxygen atoms in total. The molecular formula is C11H13Cl3N2O. The van der Waals surface area contributed by atoms with Gasteiger partial charge < -0.3 is 10.6 Å². The summed E-state index contributed by atoms with van der Waals surface area (Å²) < 4.78 is -1.92. The van der Waals surface area contributed by atoms with Gasteiger partial charge in [-0.25, -0.2) is 0 Å². The molecule has 0 aromatic heterocycles. The van der Waals surface area contributed by atoms with Gasteiger partial charge in [-0.05, 0) is 11.1 Å². The van der Waals surface area contributed by atoms with Gasteiger partial charge in [0.1, 0.15) is 0 Å². The van der Waals surface area contributed by atoms with Crippen LogP contribution in [-0.2, 0) is 17.9 Å². The zero-order valence-corrected chi connectivity index (χ0v) is 11.6. The van der Waals surface area contributed by atoms with Crippen molar-refractivity contribution < 1.29 is 4.79 Å². The third kappa shape index (κ3) is 4.03. The van der Waals surface area contributed by atoms with E-state index in [4.69, 9.17) is 40.5 Å². The summed E-state index contributed by atoms with van der Waals surface area (Å²) in [4.78, 5) is 13.0. The second-order valence-electron chi connectivity index (χ2n) is 3.63. The van der Waals surface area contributed by atoms with Gasteiger partial charge in [-0.1, -0.05) is 59.1 Å². The van der Waals surface area contributed by atoms with Crippen LogP contribution in [0.4, 0.5) is 0 Å². The lowest BCUT2D eigenvalue weighted by Gasteiger charge is -2.22. The number of benzene rings is 1. The first kappa shape index (κ1) is 14.6. The number of hydrogen-bond acceptors (Lipinski definition) is 2. The second kappa shape index (κ2) is 5.91. The topological polar surface area (TPSA) is 46.3 Å². The van der Waals surface area contributed by atoms with Crippen molar-refractivity contribution in [3.63, 3.8) is 0 Å². The molecule has 17 heavy (non-hydrogen) atoms. The average Bonchev–Trinajstić information content (AvgIpc) is 2.27. The van der Waals surface area contributed by atoms with Crippen molar-refractivity contribution in [1.29, 1.82) is 0 Å². The van der Waals surface area contributed by atoms with Gasteiger partial charge in [0.15, 0.2) is 0 Å². The van der Waals surface area contributed by atoms with Crippen LogP contribution in [0.1, 0.15) is 11.1 Å². The standard InChI is InChI=1S/C11H13Cl3N2O/c1-16(10(17)11(12,13)14)7-9-5-3-2-4-8(9)6-15/h2-5H,6-7,15H2,1H3. The number of nitrogens with two attached hydrogens (primary N) is 1. The SMILES string of the molecule is CN(Cc1ccccc1CN)C(=O)C(Cl)(Cl)Cl. The minimum Gasteiger partial charge on any atom is -0.338 e.